The first-order chi connectivity index (χ1) is 7.28. The molecule has 1 atom stereocenters. The molecule has 0 aromatic heterocycles. The SMILES string of the molecule is C[C@@H]1CC(=O)CCN(C(=O)OC(C)(C)C)C1. The monoisotopic (exact) mass is 227 g/mol. The van der Waals surface area contributed by atoms with Gasteiger partial charge in [-0.2, -0.15) is 0 Å². The van der Waals surface area contributed by atoms with Crippen molar-refractivity contribution in [1.82, 2.24) is 4.90 Å². The zero-order valence-electron chi connectivity index (χ0n) is 10.6. The second-order valence-electron chi connectivity index (χ2n) is 5.52. The Morgan fingerprint density at radius 3 is 2.62 bits per heavy atom. The molecule has 0 N–H and O–H groups in total. The summed E-state index contributed by atoms with van der Waals surface area (Å²) >= 11 is 0. The predicted molar refractivity (Wildman–Crippen MR) is 61.2 cm³/mol. The van der Waals surface area contributed by atoms with Crippen LogP contribution in [0.2, 0.25) is 0 Å². The van der Waals surface area contributed by atoms with Gasteiger partial charge in [0.15, 0.2) is 0 Å². The van der Waals surface area contributed by atoms with E-state index < -0.39 is 5.60 Å². The van der Waals surface area contributed by atoms with Crippen LogP contribution in [0.4, 0.5) is 4.79 Å². The summed E-state index contributed by atoms with van der Waals surface area (Å²) < 4.78 is 5.29. The first kappa shape index (κ1) is 13.0. The van der Waals surface area contributed by atoms with Gasteiger partial charge < -0.3 is 9.64 Å². The van der Waals surface area contributed by atoms with Gasteiger partial charge in [0.2, 0.25) is 0 Å². The first-order valence-corrected chi connectivity index (χ1v) is 5.77. The minimum Gasteiger partial charge on any atom is -0.444 e. The number of nitrogens with zero attached hydrogens (tertiary/aromatic N) is 1. The maximum absolute atomic E-state index is 11.8. The first-order valence-electron chi connectivity index (χ1n) is 5.77. The Bertz CT molecular complexity index is 280. The third-order valence-corrected chi connectivity index (χ3v) is 2.42. The molecule has 0 aromatic rings. The number of carbonyl (C=O) groups excluding carboxylic acids is 2. The van der Waals surface area contributed by atoms with Crippen LogP contribution < -0.4 is 0 Å². The van der Waals surface area contributed by atoms with E-state index in [9.17, 15) is 9.59 Å². The Morgan fingerprint density at radius 2 is 2.06 bits per heavy atom. The number of ketones is 1. The molecule has 1 aliphatic rings. The highest BCUT2D eigenvalue weighted by Crippen LogP contribution is 2.16. The molecule has 92 valence electrons. The van der Waals surface area contributed by atoms with Gasteiger partial charge in [-0.3, -0.25) is 4.79 Å². The van der Waals surface area contributed by atoms with E-state index in [0.29, 0.717) is 25.9 Å². The number of likely N-dealkylation sites (tertiary alicyclic amines) is 1. The van der Waals surface area contributed by atoms with E-state index in [1.54, 1.807) is 4.90 Å². The number of hydrogen-bond donors (Lipinski definition) is 0. The molecule has 0 unspecified atom stereocenters. The van der Waals surface area contributed by atoms with Gasteiger partial charge in [0.05, 0.1) is 0 Å². The maximum Gasteiger partial charge on any atom is 0.410 e. The molecule has 0 aliphatic carbocycles. The lowest BCUT2D eigenvalue weighted by atomic mass is 10.1. The Hall–Kier alpha value is -1.06. The van der Waals surface area contributed by atoms with Crippen LogP contribution in [-0.4, -0.2) is 35.5 Å². The van der Waals surface area contributed by atoms with Crippen molar-refractivity contribution in [2.75, 3.05) is 13.1 Å². The van der Waals surface area contributed by atoms with Crippen LogP contribution in [0.25, 0.3) is 0 Å². The number of rotatable bonds is 0. The fourth-order valence-electron chi connectivity index (χ4n) is 1.77. The van der Waals surface area contributed by atoms with Gasteiger partial charge in [0, 0.05) is 25.9 Å². The van der Waals surface area contributed by atoms with Crippen molar-refractivity contribution in [3.05, 3.63) is 0 Å². The molecule has 0 saturated carbocycles. The van der Waals surface area contributed by atoms with Crippen LogP contribution in [0.3, 0.4) is 0 Å². The second kappa shape index (κ2) is 4.85. The third kappa shape index (κ3) is 4.21. The standard InChI is InChI=1S/C12H21NO3/c1-9-7-10(14)5-6-13(8-9)11(15)16-12(2,3)4/h9H,5-8H2,1-4H3/t9-/m1/s1. The Kier molecular flexibility index (Phi) is 3.94. The molecule has 16 heavy (non-hydrogen) atoms. The van der Waals surface area contributed by atoms with Crippen LogP contribution in [-0.2, 0) is 9.53 Å². The molecule has 1 heterocycles. The van der Waals surface area contributed by atoms with E-state index in [1.165, 1.54) is 0 Å². The van der Waals surface area contributed by atoms with Crippen LogP contribution in [0, 0.1) is 5.92 Å². The van der Waals surface area contributed by atoms with Gasteiger partial charge in [0.25, 0.3) is 0 Å². The van der Waals surface area contributed by atoms with Crippen molar-refractivity contribution < 1.29 is 14.3 Å². The van der Waals surface area contributed by atoms with Gasteiger partial charge >= 0.3 is 6.09 Å². The fourth-order valence-corrected chi connectivity index (χ4v) is 1.77. The van der Waals surface area contributed by atoms with E-state index in [4.69, 9.17) is 4.74 Å². The summed E-state index contributed by atoms with van der Waals surface area (Å²) in [7, 11) is 0. The van der Waals surface area contributed by atoms with E-state index in [2.05, 4.69) is 0 Å². The zero-order valence-corrected chi connectivity index (χ0v) is 10.6. The van der Waals surface area contributed by atoms with Crippen molar-refractivity contribution in [2.24, 2.45) is 5.92 Å². The molecule has 1 fully saturated rings. The van der Waals surface area contributed by atoms with E-state index in [0.717, 1.165) is 0 Å². The normalized spacial score (nSPS) is 22.9. The molecule has 0 radical (unpaired) electrons. The molecular weight excluding hydrogens is 206 g/mol. The molecule has 1 saturated heterocycles. The zero-order chi connectivity index (χ0) is 12.3. The predicted octanol–water partition coefficient (Wildman–Crippen LogP) is 2.22. The average Bonchev–Trinajstić information content (AvgIpc) is 2.23. The van der Waals surface area contributed by atoms with Gasteiger partial charge in [0.1, 0.15) is 11.4 Å². The summed E-state index contributed by atoms with van der Waals surface area (Å²) in [4.78, 5) is 24.8. The van der Waals surface area contributed by atoms with E-state index >= 15 is 0 Å². The smallest absolute Gasteiger partial charge is 0.410 e. The Morgan fingerprint density at radius 1 is 1.44 bits per heavy atom. The van der Waals surface area contributed by atoms with E-state index in [-0.39, 0.29) is 17.8 Å². The lowest BCUT2D eigenvalue weighted by Gasteiger charge is -2.27. The largest absolute Gasteiger partial charge is 0.444 e. The molecule has 1 rings (SSSR count). The highest BCUT2D eigenvalue weighted by Gasteiger charge is 2.26. The van der Waals surface area contributed by atoms with E-state index in [1.807, 2.05) is 27.7 Å². The number of hydrogen-bond acceptors (Lipinski definition) is 3. The van der Waals surface area contributed by atoms with Crippen molar-refractivity contribution in [3.8, 4) is 0 Å². The lowest BCUT2D eigenvalue weighted by Crippen LogP contribution is -2.38. The average molecular weight is 227 g/mol. The second-order valence-corrected chi connectivity index (χ2v) is 5.52. The third-order valence-electron chi connectivity index (χ3n) is 2.42. The topological polar surface area (TPSA) is 46.6 Å². The quantitative estimate of drug-likeness (QED) is 0.637. The molecular formula is C12H21NO3. The summed E-state index contributed by atoms with van der Waals surface area (Å²) in [6.45, 7) is 8.62. The van der Waals surface area contributed by atoms with Gasteiger partial charge in [-0.1, -0.05) is 6.92 Å². The molecule has 1 amide bonds. The highest BCUT2D eigenvalue weighted by atomic mass is 16.6. The summed E-state index contributed by atoms with van der Waals surface area (Å²) in [5.74, 6) is 0.459. The van der Waals surface area contributed by atoms with Crippen LogP contribution >= 0.6 is 0 Å². The van der Waals surface area contributed by atoms with Crippen molar-refractivity contribution in [3.63, 3.8) is 0 Å². The minimum absolute atomic E-state index is 0.225. The van der Waals surface area contributed by atoms with Crippen LogP contribution in [0.5, 0.6) is 0 Å². The Labute approximate surface area is 96.9 Å². The van der Waals surface area contributed by atoms with Crippen molar-refractivity contribution in [1.29, 1.82) is 0 Å². The van der Waals surface area contributed by atoms with Crippen molar-refractivity contribution in [2.45, 2.75) is 46.1 Å². The van der Waals surface area contributed by atoms with Gasteiger partial charge in [-0.15, -0.1) is 0 Å². The van der Waals surface area contributed by atoms with Gasteiger partial charge in [-0.25, -0.2) is 4.79 Å². The molecule has 4 heteroatoms. The molecule has 0 bridgehead atoms. The van der Waals surface area contributed by atoms with Crippen LogP contribution in [0.1, 0.15) is 40.5 Å². The minimum atomic E-state index is -0.476. The maximum atomic E-state index is 11.8. The molecule has 4 nitrogen and oxygen atoms in total. The summed E-state index contributed by atoms with van der Waals surface area (Å²) in [6, 6.07) is 0. The lowest BCUT2D eigenvalue weighted by molar-refractivity contribution is -0.119. The number of amides is 1. The van der Waals surface area contributed by atoms with Crippen molar-refractivity contribution >= 4 is 11.9 Å². The van der Waals surface area contributed by atoms with Crippen LogP contribution in [0.15, 0.2) is 0 Å². The number of Topliss-reactive ketones (excluding diaryl/α,β-unsaturated/α-hetero) is 1. The Balaban J connectivity index is 2.59. The summed E-state index contributed by atoms with van der Waals surface area (Å²) in [6.07, 6.45) is 0.706. The molecule has 0 aromatic carbocycles. The number of carbonyl (C=O) groups is 2. The fraction of sp³-hybridized carbons (Fsp3) is 0.833. The summed E-state index contributed by atoms with van der Waals surface area (Å²) in [5, 5.41) is 0. The van der Waals surface area contributed by atoms with Gasteiger partial charge in [-0.05, 0) is 26.7 Å². The number of ether oxygens (including phenoxy) is 1. The highest BCUT2D eigenvalue weighted by molar-refractivity contribution is 5.80. The molecule has 1 aliphatic heterocycles. The summed E-state index contributed by atoms with van der Waals surface area (Å²) in [5.41, 5.74) is -0.476. The molecule has 0 spiro atoms.